The van der Waals surface area contributed by atoms with Crippen LogP contribution in [0.2, 0.25) is 0 Å². The highest BCUT2D eigenvalue weighted by molar-refractivity contribution is 7.51. The van der Waals surface area contributed by atoms with E-state index in [-0.39, 0.29) is 95.2 Å². The zero-order valence-corrected chi connectivity index (χ0v) is 35.0. The summed E-state index contributed by atoms with van der Waals surface area (Å²) in [6.45, 7) is 5.80. The molecule has 328 valence electrons. The van der Waals surface area contributed by atoms with Crippen LogP contribution in [0.1, 0.15) is 77.2 Å². The first-order chi connectivity index (χ1) is 27.6. The Labute approximate surface area is 340 Å². The molecule has 0 saturated heterocycles. The van der Waals surface area contributed by atoms with Gasteiger partial charge in [0, 0.05) is 51.3 Å². The molecule has 20 heteroatoms. The van der Waals surface area contributed by atoms with E-state index in [4.69, 9.17) is 29.6 Å². The van der Waals surface area contributed by atoms with Gasteiger partial charge < -0.3 is 60.7 Å². The summed E-state index contributed by atoms with van der Waals surface area (Å²) in [5, 5.41) is 13.3. The number of nitrogens with two attached hydrogens (primary N) is 1. The summed E-state index contributed by atoms with van der Waals surface area (Å²) in [4.78, 5) is 84.6. The summed E-state index contributed by atoms with van der Waals surface area (Å²) in [7, 11) is -1.87. The Morgan fingerprint density at radius 2 is 1.53 bits per heavy atom. The van der Waals surface area contributed by atoms with Gasteiger partial charge in [-0.25, -0.2) is 9.59 Å². The van der Waals surface area contributed by atoms with Gasteiger partial charge in [-0.2, -0.15) is 0 Å². The van der Waals surface area contributed by atoms with Crippen LogP contribution in [0.3, 0.4) is 0 Å². The second kappa shape index (κ2) is 27.5. The first-order valence-electron chi connectivity index (χ1n) is 19.7. The number of methoxy groups -OCH3 is 1. The van der Waals surface area contributed by atoms with Crippen molar-refractivity contribution in [3.05, 3.63) is 29.8 Å². The van der Waals surface area contributed by atoms with Crippen LogP contribution in [0.15, 0.2) is 24.3 Å². The number of alkyl carbamates (subject to hydrolysis) is 1. The van der Waals surface area contributed by atoms with Crippen molar-refractivity contribution in [1.29, 1.82) is 0 Å². The van der Waals surface area contributed by atoms with Gasteiger partial charge in [0.15, 0.2) is 0 Å². The Morgan fingerprint density at radius 1 is 0.862 bits per heavy atom. The Morgan fingerprint density at radius 3 is 2.17 bits per heavy atom. The van der Waals surface area contributed by atoms with E-state index >= 15 is 0 Å². The Balaban J connectivity index is 1.80. The Kier molecular flexibility index (Phi) is 23.7. The number of anilines is 1. The number of nitrogens with one attached hydrogen (secondary N) is 5. The molecule has 0 radical (unpaired) electrons. The third kappa shape index (κ3) is 22.1. The minimum Gasteiger partial charge on any atom is -0.445 e. The normalized spacial score (nSPS) is 17.1. The molecule has 0 heterocycles. The highest BCUT2D eigenvalue weighted by Gasteiger charge is 2.30. The lowest BCUT2D eigenvalue weighted by Gasteiger charge is -2.25. The van der Waals surface area contributed by atoms with Crippen molar-refractivity contribution < 1.29 is 61.7 Å². The van der Waals surface area contributed by atoms with Crippen LogP contribution in [-0.2, 0) is 53.8 Å². The highest BCUT2D eigenvalue weighted by atomic mass is 31.2. The fourth-order valence-electron chi connectivity index (χ4n) is 5.99. The molecule has 2 rings (SSSR count). The lowest BCUT2D eigenvalue weighted by atomic mass is 9.97. The molecule has 58 heavy (non-hydrogen) atoms. The van der Waals surface area contributed by atoms with Gasteiger partial charge in [-0.1, -0.05) is 26.0 Å². The molecule has 1 aliphatic rings. The number of hydrogen-bond acceptors (Lipinski definition) is 12. The molecule has 0 bridgehead atoms. The fraction of sp³-hybridized carbons (Fsp3) is 0.684. The molecule has 1 fully saturated rings. The first-order valence-corrected chi connectivity index (χ1v) is 21.7. The van der Waals surface area contributed by atoms with E-state index in [1.807, 2.05) is 0 Å². The number of Topliss-reactive ketones (excluding diaryl/α,β-unsaturated/α-hetero) is 1. The third-order valence-electron chi connectivity index (χ3n) is 9.16. The van der Waals surface area contributed by atoms with Crippen LogP contribution in [0.4, 0.5) is 15.3 Å². The number of unbranched alkanes of at least 4 members (excludes halogenated alkanes) is 1. The first kappa shape index (κ1) is 50.0. The predicted molar refractivity (Wildman–Crippen MR) is 214 cm³/mol. The zero-order valence-electron chi connectivity index (χ0n) is 34.1. The minimum absolute atomic E-state index is 0.00834. The fourth-order valence-corrected chi connectivity index (χ4v) is 6.40. The number of hydrogen-bond donors (Lipinski definition) is 7. The van der Waals surface area contributed by atoms with E-state index in [0.717, 1.165) is 25.9 Å². The Hall–Kier alpha value is -4.13. The topological polar surface area (TPSA) is 272 Å². The molecule has 2 unspecified atom stereocenters. The lowest BCUT2D eigenvalue weighted by molar-refractivity contribution is -0.132. The molecule has 0 aliphatic heterocycles. The summed E-state index contributed by atoms with van der Waals surface area (Å²) < 4.78 is 36.8. The lowest BCUT2D eigenvalue weighted by Crippen LogP contribution is -2.54. The molecule has 0 aromatic heterocycles. The number of primary amides is 1. The second-order valence-corrected chi connectivity index (χ2v) is 16.2. The number of carbonyl (C=O) groups is 6. The summed E-state index contributed by atoms with van der Waals surface area (Å²) >= 11 is 0. The van der Waals surface area contributed by atoms with E-state index in [1.165, 1.54) is 0 Å². The SMILES string of the molecule is CO[C@H]1CCC(C(=O)CCCCC(=O)N[C@H](C(=O)N[C@@H](CCCNC(N)=O)C(=O)Nc2ccc(COC(=O)NCCOCCOCCOP(C)(=O)O)cc2)C(C)C)C1. The number of amides is 6. The molecule has 1 aromatic carbocycles. The largest absolute Gasteiger partial charge is 0.445 e. The van der Waals surface area contributed by atoms with Crippen molar-refractivity contribution in [1.82, 2.24) is 21.3 Å². The highest BCUT2D eigenvalue weighted by Crippen LogP contribution is 2.36. The number of benzene rings is 1. The molecule has 6 amide bonds. The van der Waals surface area contributed by atoms with Gasteiger partial charge in [0.2, 0.25) is 17.7 Å². The van der Waals surface area contributed by atoms with Gasteiger partial charge in [0.1, 0.15) is 24.5 Å². The van der Waals surface area contributed by atoms with E-state index < -0.39 is 43.6 Å². The van der Waals surface area contributed by atoms with Crippen LogP contribution >= 0.6 is 7.60 Å². The molecule has 8 N–H and O–H groups in total. The zero-order chi connectivity index (χ0) is 42.9. The standard InChI is InChI=1S/C38H63N6O13P/c1-26(2)34(44-33(46)10-6-5-9-32(45)28-13-16-30(24-28)53-3)36(48)43-31(8-7-17-40-37(39)49)35(47)42-29-14-11-27(12-15-29)25-56-38(50)41-18-19-54-20-21-55-22-23-57-58(4,51)52/h11-12,14-15,26,28,30-31,34H,5-10,13,16-25H2,1-4H3,(H,41,50)(H,42,47)(H,43,48)(H,44,46)(H,51,52)(H3,39,40,49)/t28?,30-,31-,34-/m0/s1. The summed E-state index contributed by atoms with van der Waals surface area (Å²) in [6.07, 6.45) is 3.98. The molecular weight excluding hydrogens is 779 g/mol. The summed E-state index contributed by atoms with van der Waals surface area (Å²) in [5.41, 5.74) is 6.22. The quantitative estimate of drug-likeness (QED) is 0.0452. The van der Waals surface area contributed by atoms with Gasteiger partial charge in [0.05, 0.1) is 39.1 Å². The van der Waals surface area contributed by atoms with Crippen molar-refractivity contribution in [3.8, 4) is 0 Å². The van der Waals surface area contributed by atoms with E-state index in [9.17, 15) is 33.3 Å². The maximum absolute atomic E-state index is 13.5. The average Bonchev–Trinajstić information content (AvgIpc) is 3.66. The minimum atomic E-state index is -3.53. The van der Waals surface area contributed by atoms with Crippen molar-refractivity contribution in [3.63, 3.8) is 0 Å². The van der Waals surface area contributed by atoms with Crippen LogP contribution in [0, 0.1) is 11.8 Å². The molecule has 1 saturated carbocycles. The van der Waals surface area contributed by atoms with E-state index in [2.05, 4.69) is 31.1 Å². The van der Waals surface area contributed by atoms with Gasteiger partial charge in [-0.05, 0) is 68.6 Å². The van der Waals surface area contributed by atoms with Gasteiger partial charge in [0.25, 0.3) is 0 Å². The van der Waals surface area contributed by atoms with Crippen LogP contribution < -0.4 is 32.3 Å². The molecule has 0 spiro atoms. The maximum atomic E-state index is 13.5. The predicted octanol–water partition coefficient (Wildman–Crippen LogP) is 2.74. The summed E-state index contributed by atoms with van der Waals surface area (Å²) in [5.74, 6) is -1.50. The van der Waals surface area contributed by atoms with Gasteiger partial charge in [-0.3, -0.25) is 23.7 Å². The molecule has 1 aliphatic carbocycles. The number of ketones is 1. The van der Waals surface area contributed by atoms with Crippen molar-refractivity contribution in [2.24, 2.45) is 17.6 Å². The number of carbonyl (C=O) groups excluding carboxylic acids is 6. The average molecular weight is 843 g/mol. The van der Waals surface area contributed by atoms with Gasteiger partial charge in [-0.15, -0.1) is 0 Å². The smallest absolute Gasteiger partial charge is 0.407 e. The maximum Gasteiger partial charge on any atom is 0.407 e. The number of ether oxygens (including phenoxy) is 4. The van der Waals surface area contributed by atoms with E-state index in [1.54, 1.807) is 45.2 Å². The van der Waals surface area contributed by atoms with Crippen LogP contribution in [0.5, 0.6) is 0 Å². The molecular formula is C38H63N6O13P. The molecule has 19 nitrogen and oxygen atoms in total. The molecule has 1 aromatic rings. The van der Waals surface area contributed by atoms with Crippen LogP contribution in [0.25, 0.3) is 0 Å². The molecule has 5 atom stereocenters. The van der Waals surface area contributed by atoms with Crippen LogP contribution in [-0.4, -0.2) is 119 Å². The monoisotopic (exact) mass is 842 g/mol. The third-order valence-corrected chi connectivity index (χ3v) is 9.82. The van der Waals surface area contributed by atoms with E-state index in [0.29, 0.717) is 36.9 Å². The van der Waals surface area contributed by atoms with Crippen molar-refractivity contribution in [2.75, 3.05) is 65.2 Å². The van der Waals surface area contributed by atoms with Crippen molar-refractivity contribution in [2.45, 2.75) is 96.4 Å². The van der Waals surface area contributed by atoms with Gasteiger partial charge >= 0.3 is 19.7 Å². The van der Waals surface area contributed by atoms with Crippen molar-refractivity contribution >= 4 is 48.9 Å². The number of urea groups is 1. The second-order valence-electron chi connectivity index (χ2n) is 14.4. The number of rotatable bonds is 29. The Bertz CT molecular complexity index is 1490. The summed E-state index contributed by atoms with van der Waals surface area (Å²) in [6, 6.07) is 3.88.